The monoisotopic (exact) mass is 398 g/mol. The number of nitriles is 1. The number of rotatable bonds is 9. The maximum atomic E-state index is 9.55. The standard InChI is InChI=1S/C19H26N8S/c1-4-15-13(2)24-27-17(21)16(12-20)18(23-19(15)27)22-8-6-14-7-10-26(25-14)9-5-11-28-3/h7,10H,4-6,8-9,11,21H2,1-3H3,(H,22,23). The van der Waals surface area contributed by atoms with E-state index >= 15 is 0 Å². The molecule has 0 saturated heterocycles. The van der Waals surface area contributed by atoms with Crippen molar-refractivity contribution in [2.75, 3.05) is 29.6 Å². The van der Waals surface area contributed by atoms with Crippen molar-refractivity contribution >= 4 is 29.0 Å². The number of nitrogen functional groups attached to an aromatic ring is 1. The largest absolute Gasteiger partial charge is 0.382 e. The van der Waals surface area contributed by atoms with Crippen LogP contribution in [-0.2, 0) is 19.4 Å². The number of aryl methyl sites for hydroxylation is 3. The molecule has 3 heterocycles. The molecular weight excluding hydrogens is 372 g/mol. The molecule has 0 amide bonds. The van der Waals surface area contributed by atoms with Crippen molar-refractivity contribution in [3.05, 3.63) is 34.8 Å². The molecule has 9 heteroatoms. The SMILES string of the molecule is CCc1c(C)nn2c(N)c(C#N)c(NCCc3ccn(CCCSC)n3)nc12. The van der Waals surface area contributed by atoms with E-state index in [1.807, 2.05) is 35.6 Å². The van der Waals surface area contributed by atoms with Gasteiger partial charge in [-0.15, -0.1) is 0 Å². The average Bonchev–Trinajstić information content (AvgIpc) is 3.26. The summed E-state index contributed by atoms with van der Waals surface area (Å²) in [5, 5.41) is 21.8. The molecule has 3 aromatic heterocycles. The van der Waals surface area contributed by atoms with E-state index in [9.17, 15) is 5.26 Å². The number of anilines is 2. The Hall–Kier alpha value is -2.73. The van der Waals surface area contributed by atoms with Gasteiger partial charge in [0.2, 0.25) is 0 Å². The lowest BCUT2D eigenvalue weighted by molar-refractivity contribution is 0.598. The molecule has 3 N–H and O–H groups in total. The van der Waals surface area contributed by atoms with Gasteiger partial charge in [0.05, 0.1) is 11.4 Å². The molecule has 0 aromatic carbocycles. The highest BCUT2D eigenvalue weighted by atomic mass is 32.2. The lowest BCUT2D eigenvalue weighted by Crippen LogP contribution is -2.13. The summed E-state index contributed by atoms with van der Waals surface area (Å²) >= 11 is 1.85. The van der Waals surface area contributed by atoms with Crippen LogP contribution in [0.15, 0.2) is 12.3 Å². The van der Waals surface area contributed by atoms with Crippen molar-refractivity contribution < 1.29 is 0 Å². The minimum absolute atomic E-state index is 0.316. The van der Waals surface area contributed by atoms with Crippen LogP contribution in [0.5, 0.6) is 0 Å². The third-order valence-corrected chi connectivity index (χ3v) is 5.36. The summed E-state index contributed by atoms with van der Waals surface area (Å²) in [6, 6.07) is 4.19. The van der Waals surface area contributed by atoms with Gasteiger partial charge in [0.1, 0.15) is 23.3 Å². The molecule has 3 rings (SSSR count). The van der Waals surface area contributed by atoms with Crippen LogP contribution in [0.25, 0.3) is 5.65 Å². The van der Waals surface area contributed by atoms with Crippen molar-refractivity contribution in [1.29, 1.82) is 5.26 Å². The zero-order chi connectivity index (χ0) is 20.1. The van der Waals surface area contributed by atoms with E-state index in [2.05, 4.69) is 39.7 Å². The minimum Gasteiger partial charge on any atom is -0.382 e. The van der Waals surface area contributed by atoms with Crippen molar-refractivity contribution in [2.45, 2.75) is 39.7 Å². The normalized spacial score (nSPS) is 11.1. The van der Waals surface area contributed by atoms with Crippen LogP contribution >= 0.6 is 11.8 Å². The fourth-order valence-electron chi connectivity index (χ4n) is 3.21. The van der Waals surface area contributed by atoms with Gasteiger partial charge in [-0.1, -0.05) is 6.92 Å². The fourth-order valence-corrected chi connectivity index (χ4v) is 3.63. The van der Waals surface area contributed by atoms with Gasteiger partial charge in [0.15, 0.2) is 5.65 Å². The van der Waals surface area contributed by atoms with Gasteiger partial charge in [0, 0.05) is 31.3 Å². The van der Waals surface area contributed by atoms with Crippen LogP contribution in [0.1, 0.15) is 35.9 Å². The number of thioether (sulfide) groups is 1. The summed E-state index contributed by atoms with van der Waals surface area (Å²) < 4.78 is 3.55. The highest BCUT2D eigenvalue weighted by Crippen LogP contribution is 2.24. The molecule has 0 fully saturated rings. The lowest BCUT2D eigenvalue weighted by Gasteiger charge is -2.10. The first kappa shape index (κ1) is 20.0. The first-order chi connectivity index (χ1) is 13.6. The number of nitrogens with one attached hydrogen (secondary N) is 1. The van der Waals surface area contributed by atoms with Gasteiger partial charge in [-0.2, -0.15) is 31.7 Å². The predicted octanol–water partition coefficient (Wildman–Crippen LogP) is 2.66. The molecule has 0 saturated carbocycles. The molecule has 8 nitrogen and oxygen atoms in total. The minimum atomic E-state index is 0.316. The molecule has 3 aromatic rings. The first-order valence-corrected chi connectivity index (χ1v) is 10.8. The lowest BCUT2D eigenvalue weighted by atomic mass is 10.2. The predicted molar refractivity (Wildman–Crippen MR) is 114 cm³/mol. The second-order valence-corrected chi connectivity index (χ2v) is 7.56. The van der Waals surface area contributed by atoms with Crippen molar-refractivity contribution in [2.24, 2.45) is 0 Å². The van der Waals surface area contributed by atoms with Crippen LogP contribution in [-0.4, -0.2) is 42.9 Å². The third-order valence-electron chi connectivity index (χ3n) is 4.67. The topological polar surface area (TPSA) is 110 Å². The third kappa shape index (κ3) is 4.07. The number of hydrogen-bond acceptors (Lipinski definition) is 7. The smallest absolute Gasteiger partial charge is 0.163 e. The molecule has 148 valence electrons. The van der Waals surface area contributed by atoms with Gasteiger partial charge in [-0.3, -0.25) is 4.68 Å². The molecule has 0 aliphatic heterocycles. The number of nitrogens with two attached hydrogens (primary N) is 1. The molecule has 0 bridgehead atoms. The van der Waals surface area contributed by atoms with E-state index in [-0.39, 0.29) is 0 Å². The second-order valence-electron chi connectivity index (χ2n) is 6.58. The molecule has 0 atom stereocenters. The van der Waals surface area contributed by atoms with Gasteiger partial charge < -0.3 is 11.1 Å². The summed E-state index contributed by atoms with van der Waals surface area (Å²) in [5.41, 5.74) is 10.2. The van der Waals surface area contributed by atoms with Gasteiger partial charge in [-0.05, 0) is 37.8 Å². The Balaban J connectivity index is 1.73. The van der Waals surface area contributed by atoms with Gasteiger partial charge in [-0.25, -0.2) is 4.98 Å². The van der Waals surface area contributed by atoms with E-state index in [1.54, 1.807) is 4.52 Å². The van der Waals surface area contributed by atoms with Crippen molar-refractivity contribution in [3.8, 4) is 6.07 Å². The molecule has 0 spiro atoms. The van der Waals surface area contributed by atoms with E-state index in [4.69, 9.17) is 5.73 Å². The second kappa shape index (κ2) is 8.97. The summed E-state index contributed by atoms with van der Waals surface area (Å²) in [6.07, 6.45) is 6.79. The maximum absolute atomic E-state index is 9.55. The van der Waals surface area contributed by atoms with Crippen LogP contribution in [0, 0.1) is 18.3 Å². The van der Waals surface area contributed by atoms with E-state index in [1.165, 1.54) is 0 Å². The number of fused-ring (bicyclic) bond motifs is 1. The number of aromatic nitrogens is 5. The Labute approximate surface area is 169 Å². The Morgan fingerprint density at radius 3 is 2.89 bits per heavy atom. The van der Waals surface area contributed by atoms with Crippen LogP contribution in [0.3, 0.4) is 0 Å². The Morgan fingerprint density at radius 1 is 1.36 bits per heavy atom. The van der Waals surface area contributed by atoms with Crippen LogP contribution < -0.4 is 11.1 Å². The number of hydrogen-bond donors (Lipinski definition) is 2. The molecule has 28 heavy (non-hydrogen) atoms. The zero-order valence-electron chi connectivity index (χ0n) is 16.6. The summed E-state index contributed by atoms with van der Waals surface area (Å²) in [5.74, 6) is 1.95. The van der Waals surface area contributed by atoms with Gasteiger partial charge in [0.25, 0.3) is 0 Å². The maximum Gasteiger partial charge on any atom is 0.163 e. The molecule has 0 unspecified atom stereocenters. The van der Waals surface area contributed by atoms with E-state index < -0.39 is 0 Å². The van der Waals surface area contributed by atoms with E-state index in [0.29, 0.717) is 29.4 Å². The summed E-state index contributed by atoms with van der Waals surface area (Å²) in [4.78, 5) is 4.64. The van der Waals surface area contributed by atoms with Gasteiger partial charge >= 0.3 is 0 Å². The fraction of sp³-hybridized carbons (Fsp3) is 0.474. The molecule has 0 aliphatic carbocycles. The Bertz CT molecular complexity index is 998. The highest BCUT2D eigenvalue weighted by Gasteiger charge is 2.18. The van der Waals surface area contributed by atoms with Crippen molar-refractivity contribution in [1.82, 2.24) is 24.4 Å². The Morgan fingerprint density at radius 2 is 2.18 bits per heavy atom. The average molecular weight is 399 g/mol. The quantitative estimate of drug-likeness (QED) is 0.533. The van der Waals surface area contributed by atoms with Crippen molar-refractivity contribution in [3.63, 3.8) is 0 Å². The molecule has 0 radical (unpaired) electrons. The van der Waals surface area contributed by atoms with Crippen LogP contribution in [0.2, 0.25) is 0 Å². The molecule has 0 aliphatic rings. The Kier molecular flexibility index (Phi) is 6.41. The zero-order valence-corrected chi connectivity index (χ0v) is 17.4. The highest BCUT2D eigenvalue weighted by molar-refractivity contribution is 7.98. The summed E-state index contributed by atoms with van der Waals surface area (Å²) in [6.45, 7) is 5.54. The van der Waals surface area contributed by atoms with Crippen LogP contribution in [0.4, 0.5) is 11.6 Å². The first-order valence-electron chi connectivity index (χ1n) is 9.42. The van der Waals surface area contributed by atoms with E-state index in [0.717, 1.165) is 48.5 Å². The molecular formula is C19H26N8S. The summed E-state index contributed by atoms with van der Waals surface area (Å²) in [7, 11) is 0. The number of nitrogens with zero attached hydrogens (tertiary/aromatic N) is 6.